The largest absolute Gasteiger partial charge is 0.376 e. The Hall–Kier alpha value is -1.20. The molecule has 1 aromatic rings. The molecule has 4 nitrogen and oxygen atoms in total. The number of benzene rings is 1. The molecule has 1 aromatic carbocycles. The first-order valence-corrected chi connectivity index (χ1v) is 7.54. The average Bonchev–Trinajstić information content (AvgIpc) is 2.89. The van der Waals surface area contributed by atoms with E-state index in [0.29, 0.717) is 6.54 Å². The number of methoxy groups -OCH3 is 1. The lowest BCUT2D eigenvalue weighted by molar-refractivity contribution is 0.0161. The van der Waals surface area contributed by atoms with Crippen molar-refractivity contribution in [1.82, 2.24) is 5.32 Å². The standard InChI is InChI=1S/C14H20N2O2S/c1-11-5-3-4-6-12(11)16-13(17)15-9-14(18-2)7-8-19-10-14/h3-6H,7-10H2,1-2H3,(H2,15,16,17). The monoisotopic (exact) mass is 280 g/mol. The van der Waals surface area contributed by atoms with E-state index in [-0.39, 0.29) is 11.6 Å². The van der Waals surface area contributed by atoms with E-state index in [2.05, 4.69) is 10.6 Å². The minimum Gasteiger partial charge on any atom is -0.376 e. The van der Waals surface area contributed by atoms with Crippen LogP contribution in [-0.2, 0) is 4.74 Å². The number of thioether (sulfide) groups is 1. The predicted octanol–water partition coefficient (Wildman–Crippen LogP) is 2.64. The van der Waals surface area contributed by atoms with E-state index in [4.69, 9.17) is 4.74 Å². The molecule has 0 saturated carbocycles. The summed E-state index contributed by atoms with van der Waals surface area (Å²) in [5.41, 5.74) is 1.69. The van der Waals surface area contributed by atoms with Crippen molar-refractivity contribution in [2.24, 2.45) is 0 Å². The lowest BCUT2D eigenvalue weighted by Crippen LogP contribution is -2.45. The number of hydrogen-bond acceptors (Lipinski definition) is 3. The smallest absolute Gasteiger partial charge is 0.319 e. The second kappa shape index (κ2) is 6.30. The maximum atomic E-state index is 11.9. The summed E-state index contributed by atoms with van der Waals surface area (Å²) in [6, 6.07) is 7.55. The molecule has 19 heavy (non-hydrogen) atoms. The maximum Gasteiger partial charge on any atom is 0.319 e. The summed E-state index contributed by atoms with van der Waals surface area (Å²) < 4.78 is 5.56. The van der Waals surface area contributed by atoms with Crippen LogP contribution in [0.15, 0.2) is 24.3 Å². The number of ether oxygens (including phenoxy) is 1. The second-order valence-electron chi connectivity index (χ2n) is 4.81. The molecule has 1 aliphatic heterocycles. The van der Waals surface area contributed by atoms with E-state index in [0.717, 1.165) is 29.2 Å². The summed E-state index contributed by atoms with van der Waals surface area (Å²) in [4.78, 5) is 11.9. The van der Waals surface area contributed by atoms with Gasteiger partial charge in [-0.3, -0.25) is 0 Å². The summed E-state index contributed by atoms with van der Waals surface area (Å²) in [5, 5.41) is 5.77. The van der Waals surface area contributed by atoms with Crippen molar-refractivity contribution in [1.29, 1.82) is 0 Å². The first-order valence-electron chi connectivity index (χ1n) is 6.39. The molecule has 1 saturated heterocycles. The second-order valence-corrected chi connectivity index (χ2v) is 5.92. The summed E-state index contributed by atoms with van der Waals surface area (Å²) in [5.74, 6) is 2.03. The van der Waals surface area contributed by atoms with Gasteiger partial charge in [0, 0.05) is 25.1 Å². The van der Waals surface area contributed by atoms with Crippen LogP contribution in [0.1, 0.15) is 12.0 Å². The first kappa shape index (κ1) is 14.2. The normalized spacial score (nSPS) is 22.2. The quantitative estimate of drug-likeness (QED) is 0.891. The molecule has 0 bridgehead atoms. The average molecular weight is 280 g/mol. The minimum atomic E-state index is -0.201. The van der Waals surface area contributed by atoms with Crippen molar-refractivity contribution >= 4 is 23.5 Å². The van der Waals surface area contributed by atoms with Crippen molar-refractivity contribution in [2.75, 3.05) is 30.5 Å². The molecule has 0 spiro atoms. The number of anilines is 1. The van der Waals surface area contributed by atoms with Crippen LogP contribution in [0.4, 0.5) is 10.5 Å². The van der Waals surface area contributed by atoms with Gasteiger partial charge in [-0.1, -0.05) is 18.2 Å². The van der Waals surface area contributed by atoms with Gasteiger partial charge in [-0.2, -0.15) is 11.8 Å². The fraction of sp³-hybridized carbons (Fsp3) is 0.500. The Kier molecular flexibility index (Phi) is 4.71. The van der Waals surface area contributed by atoms with Gasteiger partial charge < -0.3 is 15.4 Å². The third-order valence-corrected chi connectivity index (χ3v) is 4.69. The molecule has 2 rings (SSSR count). The maximum absolute atomic E-state index is 11.9. The van der Waals surface area contributed by atoms with Crippen LogP contribution in [0, 0.1) is 6.92 Å². The van der Waals surface area contributed by atoms with Crippen LogP contribution in [0.25, 0.3) is 0 Å². The SMILES string of the molecule is COC1(CNC(=O)Nc2ccccc2C)CCSC1. The first-order chi connectivity index (χ1) is 9.15. The molecular weight excluding hydrogens is 260 g/mol. The topological polar surface area (TPSA) is 50.4 Å². The number of nitrogens with one attached hydrogen (secondary N) is 2. The number of para-hydroxylation sites is 1. The van der Waals surface area contributed by atoms with Crippen LogP contribution in [0.5, 0.6) is 0 Å². The number of rotatable bonds is 4. The zero-order chi connectivity index (χ0) is 13.7. The highest BCUT2D eigenvalue weighted by atomic mass is 32.2. The van der Waals surface area contributed by atoms with Crippen molar-refractivity contribution in [3.63, 3.8) is 0 Å². The van der Waals surface area contributed by atoms with Crippen LogP contribution in [0.3, 0.4) is 0 Å². The highest BCUT2D eigenvalue weighted by Gasteiger charge is 2.34. The number of carbonyl (C=O) groups excluding carboxylic acids is 1. The fourth-order valence-electron chi connectivity index (χ4n) is 2.08. The lowest BCUT2D eigenvalue weighted by atomic mass is 10.0. The molecule has 2 N–H and O–H groups in total. The van der Waals surface area contributed by atoms with E-state index in [1.165, 1.54) is 0 Å². The van der Waals surface area contributed by atoms with Gasteiger partial charge in [0.15, 0.2) is 0 Å². The van der Waals surface area contributed by atoms with Crippen LogP contribution in [-0.4, -0.2) is 36.8 Å². The Morgan fingerprint density at radius 3 is 2.89 bits per heavy atom. The van der Waals surface area contributed by atoms with E-state index >= 15 is 0 Å². The molecular formula is C14H20N2O2S. The minimum absolute atomic E-state index is 0.178. The fourth-order valence-corrected chi connectivity index (χ4v) is 3.48. The van der Waals surface area contributed by atoms with E-state index in [1.807, 2.05) is 43.0 Å². The summed E-state index contributed by atoms with van der Waals surface area (Å²) in [7, 11) is 1.72. The van der Waals surface area contributed by atoms with Crippen molar-refractivity contribution in [3.8, 4) is 0 Å². The van der Waals surface area contributed by atoms with Crippen LogP contribution >= 0.6 is 11.8 Å². The molecule has 1 aliphatic rings. The van der Waals surface area contributed by atoms with E-state index in [9.17, 15) is 4.79 Å². The summed E-state index contributed by atoms with van der Waals surface area (Å²) in [6.07, 6.45) is 0.985. The highest BCUT2D eigenvalue weighted by molar-refractivity contribution is 7.99. The van der Waals surface area contributed by atoms with Crippen LogP contribution in [0.2, 0.25) is 0 Å². The molecule has 1 fully saturated rings. The third kappa shape index (κ3) is 3.64. The third-order valence-electron chi connectivity index (χ3n) is 3.46. The molecule has 0 aliphatic carbocycles. The van der Waals surface area contributed by atoms with Gasteiger partial charge in [-0.25, -0.2) is 4.79 Å². The van der Waals surface area contributed by atoms with Gasteiger partial charge in [0.05, 0.1) is 5.60 Å². The number of hydrogen-bond donors (Lipinski definition) is 2. The Morgan fingerprint density at radius 1 is 1.47 bits per heavy atom. The van der Waals surface area contributed by atoms with Crippen LogP contribution < -0.4 is 10.6 Å². The highest BCUT2D eigenvalue weighted by Crippen LogP contribution is 2.30. The van der Waals surface area contributed by atoms with E-state index < -0.39 is 0 Å². The predicted molar refractivity (Wildman–Crippen MR) is 79.9 cm³/mol. The molecule has 1 heterocycles. The van der Waals surface area contributed by atoms with Crippen molar-refractivity contribution in [2.45, 2.75) is 18.9 Å². The van der Waals surface area contributed by atoms with Gasteiger partial charge >= 0.3 is 6.03 Å². The molecule has 5 heteroatoms. The number of amides is 2. The molecule has 1 unspecified atom stereocenters. The molecule has 0 aromatic heterocycles. The van der Waals surface area contributed by atoms with Gasteiger partial charge in [-0.15, -0.1) is 0 Å². The zero-order valence-corrected chi connectivity index (χ0v) is 12.2. The zero-order valence-electron chi connectivity index (χ0n) is 11.4. The molecule has 0 radical (unpaired) electrons. The van der Waals surface area contributed by atoms with E-state index in [1.54, 1.807) is 7.11 Å². The van der Waals surface area contributed by atoms with Crippen molar-refractivity contribution < 1.29 is 9.53 Å². The Morgan fingerprint density at radius 2 is 2.26 bits per heavy atom. The molecule has 104 valence electrons. The summed E-state index contributed by atoms with van der Waals surface area (Å²) >= 11 is 1.87. The van der Waals surface area contributed by atoms with Gasteiger partial charge in [0.2, 0.25) is 0 Å². The number of urea groups is 1. The Labute approximate surface area is 118 Å². The van der Waals surface area contributed by atoms with Gasteiger partial charge in [0.1, 0.15) is 0 Å². The van der Waals surface area contributed by atoms with Gasteiger partial charge in [0.25, 0.3) is 0 Å². The van der Waals surface area contributed by atoms with Crippen molar-refractivity contribution in [3.05, 3.63) is 29.8 Å². The Balaban J connectivity index is 1.86. The number of carbonyl (C=O) groups is 1. The summed E-state index contributed by atoms with van der Waals surface area (Å²) in [6.45, 7) is 2.52. The lowest BCUT2D eigenvalue weighted by Gasteiger charge is -2.26. The Bertz CT molecular complexity index is 445. The molecule has 1 atom stereocenters. The number of aryl methyl sites for hydroxylation is 1. The van der Waals surface area contributed by atoms with Gasteiger partial charge in [-0.05, 0) is 30.7 Å². The molecule has 2 amide bonds.